The highest BCUT2D eigenvalue weighted by Crippen LogP contribution is 2.38. The number of amides is 1. The summed E-state index contributed by atoms with van der Waals surface area (Å²) < 4.78 is 32.0. The Morgan fingerprint density at radius 1 is 1.22 bits per heavy atom. The van der Waals surface area contributed by atoms with Crippen molar-refractivity contribution in [3.05, 3.63) is 70.8 Å². The number of thioether (sulfide) groups is 1. The molecule has 2 aliphatic rings. The van der Waals surface area contributed by atoms with Crippen molar-refractivity contribution < 1.29 is 17.9 Å². The molecule has 2 aromatic carbocycles. The SMILES string of the molecule is CCCOc1ccc(-c2nn(-c3ccccc3)cc2/C=C2/SC(=S)N([C@@H]3CCS(=O)(=O)C3)C2=O)cc1C. The number of rotatable bonds is 7. The molecule has 0 N–H and O–H groups in total. The minimum atomic E-state index is -3.15. The summed E-state index contributed by atoms with van der Waals surface area (Å²) in [5.41, 5.74) is 4.29. The molecule has 10 heteroatoms. The standard InChI is InChI=1S/C27H27N3O4S3/c1-3-12-34-23-10-9-19(14-18(23)2)25-20(16-29(28-25)21-7-5-4-6-8-21)15-24-26(31)30(27(35)36-24)22-11-13-37(32,33)17-22/h4-10,14-16,22H,3,11-13,17H2,1-2H3/b24-15+/t22-/m1/s1. The molecule has 2 saturated heterocycles. The van der Waals surface area contributed by atoms with Gasteiger partial charge in [-0.2, -0.15) is 5.10 Å². The lowest BCUT2D eigenvalue weighted by molar-refractivity contribution is -0.123. The minimum absolute atomic E-state index is 0.0460. The lowest BCUT2D eigenvalue weighted by atomic mass is 10.0. The van der Waals surface area contributed by atoms with Gasteiger partial charge in [0.2, 0.25) is 0 Å². The first-order valence-corrected chi connectivity index (χ1v) is 15.2. The molecule has 2 fully saturated rings. The fraction of sp³-hybridized carbons (Fsp3) is 0.296. The first kappa shape index (κ1) is 25.7. The number of aryl methyl sites for hydroxylation is 1. The van der Waals surface area contributed by atoms with Gasteiger partial charge in [-0.1, -0.05) is 49.1 Å². The molecule has 0 aliphatic carbocycles. The van der Waals surface area contributed by atoms with Gasteiger partial charge in [-0.05, 0) is 61.7 Å². The van der Waals surface area contributed by atoms with Crippen LogP contribution in [0.25, 0.3) is 23.0 Å². The summed E-state index contributed by atoms with van der Waals surface area (Å²) >= 11 is 6.70. The van der Waals surface area contributed by atoms with Gasteiger partial charge in [-0.15, -0.1) is 0 Å². The van der Waals surface area contributed by atoms with Gasteiger partial charge >= 0.3 is 0 Å². The number of hydrogen-bond donors (Lipinski definition) is 0. The number of aromatic nitrogens is 2. The van der Waals surface area contributed by atoms with Crippen LogP contribution in [0.4, 0.5) is 0 Å². The summed E-state index contributed by atoms with van der Waals surface area (Å²) in [6, 6.07) is 15.3. The van der Waals surface area contributed by atoms with E-state index in [-0.39, 0.29) is 17.4 Å². The van der Waals surface area contributed by atoms with Crippen molar-refractivity contribution >= 4 is 50.1 Å². The van der Waals surface area contributed by atoms with Gasteiger partial charge in [0.25, 0.3) is 5.91 Å². The molecule has 0 spiro atoms. The fourth-order valence-electron chi connectivity index (χ4n) is 4.52. The number of nitrogens with zero attached hydrogens (tertiary/aromatic N) is 3. The number of carbonyl (C=O) groups excluding carboxylic acids is 1. The predicted molar refractivity (Wildman–Crippen MR) is 152 cm³/mol. The Balaban J connectivity index is 1.53. The maximum absolute atomic E-state index is 13.4. The Kier molecular flexibility index (Phi) is 7.24. The molecule has 3 heterocycles. The Labute approximate surface area is 226 Å². The molecule has 7 nitrogen and oxygen atoms in total. The van der Waals surface area contributed by atoms with E-state index >= 15 is 0 Å². The van der Waals surface area contributed by atoms with Crippen molar-refractivity contribution in [3.8, 4) is 22.7 Å². The van der Waals surface area contributed by atoms with Gasteiger partial charge in [0, 0.05) is 17.3 Å². The molecule has 0 radical (unpaired) electrons. The molecule has 37 heavy (non-hydrogen) atoms. The van der Waals surface area contributed by atoms with E-state index in [0.717, 1.165) is 40.2 Å². The zero-order chi connectivity index (χ0) is 26.2. The molecule has 0 unspecified atom stereocenters. The van der Waals surface area contributed by atoms with Crippen LogP contribution in [0.15, 0.2) is 59.6 Å². The second-order valence-electron chi connectivity index (χ2n) is 9.15. The maximum atomic E-state index is 13.4. The molecular weight excluding hydrogens is 527 g/mol. The lowest BCUT2D eigenvalue weighted by Gasteiger charge is -2.20. The highest BCUT2D eigenvalue weighted by atomic mass is 32.2. The van der Waals surface area contributed by atoms with Crippen molar-refractivity contribution in [1.82, 2.24) is 14.7 Å². The van der Waals surface area contributed by atoms with Crippen LogP contribution in [0, 0.1) is 6.92 Å². The van der Waals surface area contributed by atoms with E-state index in [4.69, 9.17) is 22.1 Å². The average Bonchev–Trinajstić information content (AvgIpc) is 3.54. The second-order valence-corrected chi connectivity index (χ2v) is 13.1. The second kappa shape index (κ2) is 10.4. The summed E-state index contributed by atoms with van der Waals surface area (Å²) in [5.74, 6) is 0.617. The number of hydrogen-bond acceptors (Lipinski definition) is 7. The molecule has 0 saturated carbocycles. The van der Waals surface area contributed by atoms with Crippen molar-refractivity contribution in [2.75, 3.05) is 18.1 Å². The third-order valence-electron chi connectivity index (χ3n) is 6.36. The van der Waals surface area contributed by atoms with E-state index in [1.165, 1.54) is 16.7 Å². The van der Waals surface area contributed by atoms with Gasteiger partial charge in [0.15, 0.2) is 9.84 Å². The van der Waals surface area contributed by atoms with E-state index in [0.29, 0.717) is 22.3 Å². The van der Waals surface area contributed by atoms with Crippen LogP contribution in [0.2, 0.25) is 0 Å². The number of benzene rings is 2. The molecule has 3 aromatic rings. The van der Waals surface area contributed by atoms with Crippen LogP contribution < -0.4 is 4.74 Å². The van der Waals surface area contributed by atoms with Gasteiger partial charge in [0.05, 0.1) is 34.7 Å². The van der Waals surface area contributed by atoms with Crippen molar-refractivity contribution in [2.24, 2.45) is 0 Å². The van der Waals surface area contributed by atoms with Crippen LogP contribution in [0.5, 0.6) is 5.75 Å². The van der Waals surface area contributed by atoms with Crippen molar-refractivity contribution in [1.29, 1.82) is 0 Å². The average molecular weight is 554 g/mol. The molecule has 0 bridgehead atoms. The van der Waals surface area contributed by atoms with E-state index < -0.39 is 15.9 Å². The third kappa shape index (κ3) is 5.37. The van der Waals surface area contributed by atoms with Crippen LogP contribution in [0.1, 0.15) is 30.9 Å². The van der Waals surface area contributed by atoms with Gasteiger partial charge in [0.1, 0.15) is 15.8 Å². The van der Waals surface area contributed by atoms with E-state index in [2.05, 4.69) is 6.92 Å². The molecule has 1 atom stereocenters. The van der Waals surface area contributed by atoms with Gasteiger partial charge in [-0.25, -0.2) is 13.1 Å². The minimum Gasteiger partial charge on any atom is -0.493 e. The molecule has 1 aromatic heterocycles. The maximum Gasteiger partial charge on any atom is 0.266 e. The first-order valence-electron chi connectivity index (χ1n) is 12.1. The van der Waals surface area contributed by atoms with Crippen LogP contribution in [-0.4, -0.2) is 57.5 Å². The van der Waals surface area contributed by atoms with E-state index in [1.807, 2.05) is 61.7 Å². The highest BCUT2D eigenvalue weighted by molar-refractivity contribution is 8.26. The Hall–Kier alpha value is -2.95. The smallest absolute Gasteiger partial charge is 0.266 e. The van der Waals surface area contributed by atoms with Gasteiger partial charge in [-0.3, -0.25) is 9.69 Å². The van der Waals surface area contributed by atoms with Crippen molar-refractivity contribution in [2.45, 2.75) is 32.7 Å². The third-order valence-corrected chi connectivity index (χ3v) is 9.44. The summed E-state index contributed by atoms with van der Waals surface area (Å²) in [4.78, 5) is 15.3. The largest absolute Gasteiger partial charge is 0.493 e. The van der Waals surface area contributed by atoms with Gasteiger partial charge < -0.3 is 4.74 Å². The number of ether oxygens (including phenoxy) is 1. The van der Waals surface area contributed by atoms with Crippen LogP contribution in [-0.2, 0) is 14.6 Å². The monoisotopic (exact) mass is 553 g/mol. The normalized spacial score (nSPS) is 20.2. The molecule has 5 rings (SSSR count). The quantitative estimate of drug-likeness (QED) is 0.300. The summed E-state index contributed by atoms with van der Waals surface area (Å²) in [6.45, 7) is 4.72. The zero-order valence-electron chi connectivity index (χ0n) is 20.6. The number of para-hydroxylation sites is 1. The summed E-state index contributed by atoms with van der Waals surface area (Å²) in [6.07, 6.45) is 5.04. The predicted octanol–water partition coefficient (Wildman–Crippen LogP) is 5.02. The van der Waals surface area contributed by atoms with Crippen LogP contribution >= 0.6 is 24.0 Å². The number of carbonyl (C=O) groups is 1. The number of sulfone groups is 1. The molecule has 2 aliphatic heterocycles. The Morgan fingerprint density at radius 3 is 2.68 bits per heavy atom. The van der Waals surface area contributed by atoms with E-state index in [9.17, 15) is 13.2 Å². The Morgan fingerprint density at radius 2 is 2.00 bits per heavy atom. The Bertz CT molecular complexity index is 1500. The molecule has 192 valence electrons. The fourth-order valence-corrected chi connectivity index (χ4v) is 7.61. The summed E-state index contributed by atoms with van der Waals surface area (Å²) in [7, 11) is -3.15. The van der Waals surface area contributed by atoms with Crippen molar-refractivity contribution in [3.63, 3.8) is 0 Å². The zero-order valence-corrected chi connectivity index (χ0v) is 23.0. The van der Waals surface area contributed by atoms with E-state index in [1.54, 1.807) is 10.8 Å². The topological polar surface area (TPSA) is 81.5 Å². The highest BCUT2D eigenvalue weighted by Gasteiger charge is 2.42. The molecule has 1 amide bonds. The number of thiocarbonyl (C=S) groups is 1. The van der Waals surface area contributed by atoms with Crippen LogP contribution in [0.3, 0.4) is 0 Å². The summed E-state index contributed by atoms with van der Waals surface area (Å²) in [5, 5.41) is 4.87. The lowest BCUT2D eigenvalue weighted by Crippen LogP contribution is -2.39. The first-order chi connectivity index (χ1) is 17.8. The molecular formula is C27H27N3O4S3.